The third kappa shape index (κ3) is 3.72. The lowest BCUT2D eigenvalue weighted by atomic mass is 10.0. The number of rotatable bonds is 3. The first kappa shape index (κ1) is 15.8. The molecule has 0 amide bonds. The Kier molecular flexibility index (Phi) is 4.51. The lowest BCUT2D eigenvalue weighted by Crippen LogP contribution is -2.25. The molecule has 0 radical (unpaired) electrons. The maximum absolute atomic E-state index is 11.6. The van der Waals surface area contributed by atoms with Gasteiger partial charge in [0.2, 0.25) is 0 Å². The molecule has 1 aromatic carbocycles. The Morgan fingerprint density at radius 1 is 1.29 bits per heavy atom. The van der Waals surface area contributed by atoms with Gasteiger partial charge in [0.15, 0.2) is 9.84 Å². The Bertz CT molecular complexity index is 642. The van der Waals surface area contributed by atoms with Gasteiger partial charge in [-0.3, -0.25) is 10.1 Å². The quantitative estimate of drug-likeness (QED) is 0.633. The van der Waals surface area contributed by atoms with Crippen molar-refractivity contribution in [2.45, 2.75) is 31.1 Å². The van der Waals surface area contributed by atoms with E-state index in [9.17, 15) is 18.5 Å². The van der Waals surface area contributed by atoms with Crippen molar-refractivity contribution in [2.24, 2.45) is 5.92 Å². The summed E-state index contributed by atoms with van der Waals surface area (Å²) in [5.41, 5.74) is 0.383. The lowest BCUT2D eigenvalue weighted by molar-refractivity contribution is -0.384. The predicted molar refractivity (Wildman–Crippen MR) is 81.4 cm³/mol. The average Bonchev–Trinajstić information content (AvgIpc) is 2.61. The highest BCUT2D eigenvalue weighted by Crippen LogP contribution is 2.32. The fourth-order valence-electron chi connectivity index (χ4n) is 2.65. The topological polar surface area (TPSA) is 80.5 Å². The van der Waals surface area contributed by atoms with Crippen LogP contribution in [0.3, 0.4) is 0 Å². The molecule has 1 saturated heterocycles. The summed E-state index contributed by atoms with van der Waals surface area (Å²) < 4.78 is 23.1. The zero-order chi connectivity index (χ0) is 15.6. The van der Waals surface area contributed by atoms with Crippen LogP contribution in [-0.2, 0) is 9.84 Å². The Morgan fingerprint density at radius 2 is 2.00 bits per heavy atom. The van der Waals surface area contributed by atoms with Gasteiger partial charge in [0.1, 0.15) is 5.69 Å². The van der Waals surface area contributed by atoms with Crippen LogP contribution in [0.5, 0.6) is 0 Å². The number of sulfone groups is 1. The molecule has 0 aliphatic carbocycles. The van der Waals surface area contributed by atoms with E-state index in [0.29, 0.717) is 11.6 Å². The number of nitro benzene ring substituents is 1. The Balaban J connectivity index is 2.41. The molecule has 2 rings (SSSR count). The first-order chi connectivity index (χ1) is 9.79. The second kappa shape index (κ2) is 6.01. The van der Waals surface area contributed by atoms with Crippen molar-refractivity contribution in [3.05, 3.63) is 28.3 Å². The van der Waals surface area contributed by atoms with Crippen LogP contribution in [-0.4, -0.2) is 32.7 Å². The van der Waals surface area contributed by atoms with Gasteiger partial charge in [0.05, 0.1) is 9.82 Å². The smallest absolute Gasteiger partial charge is 0.293 e. The van der Waals surface area contributed by atoms with Crippen molar-refractivity contribution in [2.75, 3.05) is 24.2 Å². The molecule has 0 N–H and O–H groups in total. The van der Waals surface area contributed by atoms with E-state index in [1.807, 2.05) is 4.90 Å². The Morgan fingerprint density at radius 3 is 2.62 bits per heavy atom. The van der Waals surface area contributed by atoms with E-state index in [1.54, 1.807) is 6.07 Å². The van der Waals surface area contributed by atoms with Crippen molar-refractivity contribution in [3.63, 3.8) is 0 Å². The van der Waals surface area contributed by atoms with Crippen LogP contribution < -0.4 is 4.90 Å². The number of nitro groups is 1. The Labute approximate surface area is 124 Å². The monoisotopic (exact) mass is 312 g/mol. The molecule has 0 saturated carbocycles. The van der Waals surface area contributed by atoms with Crippen molar-refractivity contribution in [3.8, 4) is 0 Å². The highest BCUT2D eigenvalue weighted by molar-refractivity contribution is 7.90. The summed E-state index contributed by atoms with van der Waals surface area (Å²) in [7, 11) is -3.45. The molecular formula is C14H20N2O4S. The molecule has 21 heavy (non-hydrogen) atoms. The van der Waals surface area contributed by atoms with Gasteiger partial charge >= 0.3 is 0 Å². The molecule has 0 aromatic heterocycles. The van der Waals surface area contributed by atoms with Crippen molar-refractivity contribution < 1.29 is 13.3 Å². The van der Waals surface area contributed by atoms with Crippen LogP contribution in [0.15, 0.2) is 23.1 Å². The van der Waals surface area contributed by atoms with Gasteiger partial charge in [0.25, 0.3) is 5.69 Å². The minimum absolute atomic E-state index is 0.0128. The molecule has 1 aromatic rings. The molecule has 7 heteroatoms. The van der Waals surface area contributed by atoms with Gasteiger partial charge in [-0.2, -0.15) is 0 Å². The van der Waals surface area contributed by atoms with Gasteiger partial charge in [-0.05, 0) is 37.3 Å². The number of anilines is 1. The van der Waals surface area contributed by atoms with Gasteiger partial charge < -0.3 is 4.90 Å². The van der Waals surface area contributed by atoms with Crippen molar-refractivity contribution in [1.29, 1.82) is 0 Å². The van der Waals surface area contributed by atoms with Gasteiger partial charge in [-0.1, -0.05) is 6.92 Å². The van der Waals surface area contributed by atoms with E-state index in [0.717, 1.165) is 38.6 Å². The van der Waals surface area contributed by atoms with Crippen LogP contribution in [0.4, 0.5) is 11.4 Å². The molecule has 1 aliphatic rings. The standard InChI is InChI=1S/C14H20N2O4S/c1-11-4-3-8-15(9-7-11)13-6-5-12(21(2,19)20)10-14(13)16(17)18/h5-6,10-11H,3-4,7-9H2,1-2H3. The lowest BCUT2D eigenvalue weighted by Gasteiger charge is -2.22. The van der Waals surface area contributed by atoms with Gasteiger partial charge in [-0.25, -0.2) is 8.42 Å². The maximum atomic E-state index is 11.6. The Hall–Kier alpha value is -1.63. The van der Waals surface area contributed by atoms with E-state index in [-0.39, 0.29) is 10.6 Å². The van der Waals surface area contributed by atoms with E-state index in [1.165, 1.54) is 12.1 Å². The summed E-state index contributed by atoms with van der Waals surface area (Å²) in [4.78, 5) is 12.8. The predicted octanol–water partition coefficient (Wildman–Crippen LogP) is 2.62. The second-order valence-corrected chi connectivity index (χ2v) is 7.72. The molecule has 6 nitrogen and oxygen atoms in total. The normalized spacial score (nSPS) is 20.1. The number of benzene rings is 1. The minimum Gasteiger partial charge on any atom is -0.366 e. The molecule has 1 aliphatic heterocycles. The highest BCUT2D eigenvalue weighted by atomic mass is 32.2. The van der Waals surface area contributed by atoms with Crippen LogP contribution in [0.2, 0.25) is 0 Å². The van der Waals surface area contributed by atoms with E-state index in [4.69, 9.17) is 0 Å². The summed E-state index contributed by atoms with van der Waals surface area (Å²) in [6.07, 6.45) is 4.15. The third-order valence-electron chi connectivity index (χ3n) is 3.93. The third-order valence-corrected chi connectivity index (χ3v) is 5.04. The number of hydrogen-bond donors (Lipinski definition) is 0. The fourth-order valence-corrected chi connectivity index (χ4v) is 3.29. The van der Waals surface area contributed by atoms with Crippen LogP contribution in [0, 0.1) is 16.0 Å². The van der Waals surface area contributed by atoms with Crippen molar-refractivity contribution >= 4 is 21.2 Å². The molecule has 116 valence electrons. The average molecular weight is 312 g/mol. The molecule has 1 atom stereocenters. The molecule has 1 heterocycles. The van der Waals surface area contributed by atoms with Crippen LogP contribution in [0.25, 0.3) is 0 Å². The van der Waals surface area contributed by atoms with E-state index >= 15 is 0 Å². The maximum Gasteiger partial charge on any atom is 0.293 e. The minimum atomic E-state index is -3.45. The van der Waals surface area contributed by atoms with Gasteiger partial charge in [-0.15, -0.1) is 0 Å². The zero-order valence-electron chi connectivity index (χ0n) is 12.3. The summed E-state index contributed by atoms with van der Waals surface area (Å²) in [5.74, 6) is 0.615. The SMILES string of the molecule is CC1CCCN(c2ccc(S(C)(=O)=O)cc2[N+](=O)[O-])CC1. The van der Waals surface area contributed by atoms with Crippen LogP contribution >= 0.6 is 0 Å². The van der Waals surface area contributed by atoms with E-state index in [2.05, 4.69) is 6.92 Å². The van der Waals surface area contributed by atoms with Crippen molar-refractivity contribution in [1.82, 2.24) is 0 Å². The molecule has 0 bridgehead atoms. The first-order valence-electron chi connectivity index (χ1n) is 7.02. The van der Waals surface area contributed by atoms with E-state index < -0.39 is 14.8 Å². The zero-order valence-corrected chi connectivity index (χ0v) is 13.1. The molecule has 1 unspecified atom stereocenters. The second-order valence-electron chi connectivity index (χ2n) is 5.70. The highest BCUT2D eigenvalue weighted by Gasteiger charge is 2.24. The number of hydrogen-bond acceptors (Lipinski definition) is 5. The number of nitrogens with zero attached hydrogens (tertiary/aromatic N) is 2. The molecule has 1 fully saturated rings. The fraction of sp³-hybridized carbons (Fsp3) is 0.571. The largest absolute Gasteiger partial charge is 0.366 e. The van der Waals surface area contributed by atoms with Gasteiger partial charge in [0, 0.05) is 25.4 Å². The summed E-state index contributed by atoms with van der Waals surface area (Å²) in [5, 5.41) is 11.3. The molecule has 0 spiro atoms. The van der Waals surface area contributed by atoms with Crippen LogP contribution in [0.1, 0.15) is 26.2 Å². The first-order valence-corrected chi connectivity index (χ1v) is 8.91. The summed E-state index contributed by atoms with van der Waals surface area (Å²) in [6, 6.07) is 4.18. The summed E-state index contributed by atoms with van der Waals surface area (Å²) >= 11 is 0. The summed E-state index contributed by atoms with van der Waals surface area (Å²) in [6.45, 7) is 3.72. The molecular weight excluding hydrogens is 292 g/mol.